The molecule has 1 rings (SSSR count). The van der Waals surface area contributed by atoms with Crippen LogP contribution in [0.2, 0.25) is 0 Å². The van der Waals surface area contributed by atoms with E-state index in [1.54, 1.807) is 0 Å². The quantitative estimate of drug-likeness (QED) is 0.421. The molecule has 0 nitrogen and oxygen atoms in total. The zero-order valence-corrected chi connectivity index (χ0v) is 13.8. The SMILES string of the molecule is C=C(C)c1ccccc1.[H-].[H-].[K+].[K+]. The first-order valence-electron chi connectivity index (χ1n) is 3.01. The summed E-state index contributed by atoms with van der Waals surface area (Å²) in [4.78, 5) is 0. The molecule has 11 heavy (non-hydrogen) atoms. The molecule has 0 saturated heterocycles. The average molecular weight is 198 g/mol. The summed E-state index contributed by atoms with van der Waals surface area (Å²) in [5, 5.41) is 0. The first kappa shape index (κ1) is 15.7. The van der Waals surface area contributed by atoms with Crippen LogP contribution in [0.4, 0.5) is 0 Å². The minimum Gasteiger partial charge on any atom is -1.00 e. The van der Waals surface area contributed by atoms with Crippen LogP contribution in [0.25, 0.3) is 5.57 Å². The fourth-order valence-corrected chi connectivity index (χ4v) is 0.723. The second-order valence-corrected chi connectivity index (χ2v) is 2.15. The minimum absolute atomic E-state index is 0. The Morgan fingerprint density at radius 3 is 1.91 bits per heavy atom. The Morgan fingerprint density at radius 1 is 1.18 bits per heavy atom. The van der Waals surface area contributed by atoms with Gasteiger partial charge in [-0.2, -0.15) is 0 Å². The molecule has 1 aromatic rings. The predicted molar refractivity (Wildman–Crippen MR) is 43.4 cm³/mol. The fraction of sp³-hybridized carbons (Fsp3) is 0.111. The summed E-state index contributed by atoms with van der Waals surface area (Å²) >= 11 is 0. The minimum atomic E-state index is 0. The van der Waals surface area contributed by atoms with Gasteiger partial charge in [-0.1, -0.05) is 42.5 Å². The van der Waals surface area contributed by atoms with Gasteiger partial charge in [-0.05, 0) is 12.5 Å². The maximum Gasteiger partial charge on any atom is 1.00 e. The molecule has 1 aromatic carbocycles. The molecular formula is C9H12K2. The summed E-state index contributed by atoms with van der Waals surface area (Å²) in [7, 11) is 0. The number of hydrogen-bond donors (Lipinski definition) is 0. The summed E-state index contributed by atoms with van der Waals surface area (Å²) in [5.74, 6) is 0. The molecule has 0 spiro atoms. The Morgan fingerprint density at radius 2 is 1.64 bits per heavy atom. The molecular weight excluding hydrogens is 186 g/mol. The zero-order chi connectivity index (χ0) is 6.69. The van der Waals surface area contributed by atoms with Crippen molar-refractivity contribution in [3.05, 3.63) is 42.5 Å². The summed E-state index contributed by atoms with van der Waals surface area (Å²) < 4.78 is 0. The van der Waals surface area contributed by atoms with E-state index in [4.69, 9.17) is 0 Å². The van der Waals surface area contributed by atoms with E-state index >= 15 is 0 Å². The van der Waals surface area contributed by atoms with Crippen molar-refractivity contribution in [2.45, 2.75) is 6.92 Å². The third kappa shape index (κ3) is 6.32. The second-order valence-electron chi connectivity index (χ2n) is 2.15. The number of hydrogen-bond acceptors (Lipinski definition) is 0. The number of benzene rings is 1. The monoisotopic (exact) mass is 198 g/mol. The zero-order valence-electron chi connectivity index (χ0n) is 9.59. The van der Waals surface area contributed by atoms with Crippen molar-refractivity contribution in [3.8, 4) is 0 Å². The van der Waals surface area contributed by atoms with Gasteiger partial charge in [0.15, 0.2) is 0 Å². The van der Waals surface area contributed by atoms with Crippen molar-refractivity contribution in [1.29, 1.82) is 0 Å². The third-order valence-electron chi connectivity index (χ3n) is 1.27. The molecule has 0 aliphatic carbocycles. The Hall–Kier alpha value is 2.23. The maximum absolute atomic E-state index is 3.83. The van der Waals surface area contributed by atoms with Gasteiger partial charge in [0.2, 0.25) is 0 Å². The second kappa shape index (κ2) is 8.81. The normalized spacial score (nSPS) is 7.36. The molecule has 0 N–H and O–H groups in total. The van der Waals surface area contributed by atoms with Gasteiger partial charge in [-0.25, -0.2) is 0 Å². The molecule has 0 heterocycles. The molecule has 0 fully saturated rings. The Kier molecular flexibility index (Phi) is 12.6. The van der Waals surface area contributed by atoms with Gasteiger partial charge >= 0.3 is 103 Å². The first-order chi connectivity index (χ1) is 4.30. The number of allylic oxidation sites excluding steroid dienone is 1. The van der Waals surface area contributed by atoms with E-state index < -0.39 is 0 Å². The van der Waals surface area contributed by atoms with Crippen molar-refractivity contribution >= 4 is 5.57 Å². The van der Waals surface area contributed by atoms with E-state index in [0.717, 1.165) is 5.57 Å². The van der Waals surface area contributed by atoms with Crippen LogP contribution in [-0.4, -0.2) is 0 Å². The van der Waals surface area contributed by atoms with Gasteiger partial charge in [0.1, 0.15) is 0 Å². The Labute approximate surface area is 157 Å². The van der Waals surface area contributed by atoms with Crippen molar-refractivity contribution in [2.24, 2.45) is 0 Å². The molecule has 2 heteroatoms. The smallest absolute Gasteiger partial charge is 1.00 e. The summed E-state index contributed by atoms with van der Waals surface area (Å²) in [5.41, 5.74) is 2.34. The third-order valence-corrected chi connectivity index (χ3v) is 1.27. The predicted octanol–water partition coefficient (Wildman–Crippen LogP) is -3.05. The van der Waals surface area contributed by atoms with Crippen molar-refractivity contribution in [1.82, 2.24) is 0 Å². The van der Waals surface area contributed by atoms with Crippen LogP contribution >= 0.6 is 0 Å². The topological polar surface area (TPSA) is 0 Å². The summed E-state index contributed by atoms with van der Waals surface area (Å²) in [6.45, 7) is 5.83. The molecule has 0 bridgehead atoms. The van der Waals surface area contributed by atoms with E-state index in [-0.39, 0.29) is 106 Å². The van der Waals surface area contributed by atoms with Gasteiger partial charge in [-0.3, -0.25) is 0 Å². The van der Waals surface area contributed by atoms with Crippen LogP contribution in [0.5, 0.6) is 0 Å². The van der Waals surface area contributed by atoms with E-state index in [9.17, 15) is 0 Å². The van der Waals surface area contributed by atoms with E-state index in [2.05, 4.69) is 18.7 Å². The van der Waals surface area contributed by atoms with Crippen LogP contribution in [0.15, 0.2) is 36.9 Å². The van der Waals surface area contributed by atoms with Crippen LogP contribution in [0.1, 0.15) is 15.3 Å². The van der Waals surface area contributed by atoms with E-state index in [0.29, 0.717) is 0 Å². The van der Waals surface area contributed by atoms with Crippen molar-refractivity contribution < 1.29 is 106 Å². The molecule has 0 unspecified atom stereocenters. The van der Waals surface area contributed by atoms with Gasteiger partial charge in [0, 0.05) is 0 Å². The molecule has 0 aliphatic heterocycles. The average Bonchev–Trinajstić information content (AvgIpc) is 1.90. The fourth-order valence-electron chi connectivity index (χ4n) is 0.723. The number of rotatable bonds is 1. The van der Waals surface area contributed by atoms with Crippen LogP contribution < -0.4 is 103 Å². The molecule has 0 amide bonds. The van der Waals surface area contributed by atoms with Crippen LogP contribution in [0.3, 0.4) is 0 Å². The van der Waals surface area contributed by atoms with Gasteiger partial charge in [0.05, 0.1) is 0 Å². The maximum atomic E-state index is 3.83. The van der Waals surface area contributed by atoms with E-state index in [1.165, 1.54) is 5.56 Å². The molecule has 50 valence electrons. The molecule has 0 aromatic heterocycles. The van der Waals surface area contributed by atoms with Gasteiger partial charge in [0.25, 0.3) is 0 Å². The largest absolute Gasteiger partial charge is 1.00 e. The van der Waals surface area contributed by atoms with E-state index in [1.807, 2.05) is 25.1 Å². The standard InChI is InChI=1S/C9H10.2K.2H/c1-8(2)9-6-4-3-5-7-9;;;;/h3-7H,1H2,2H3;;;;/q;2*+1;2*-1. The molecule has 0 radical (unpaired) electrons. The summed E-state index contributed by atoms with van der Waals surface area (Å²) in [6.07, 6.45) is 0. The molecule has 0 atom stereocenters. The Balaban J connectivity index is -0.000000101. The first-order valence-corrected chi connectivity index (χ1v) is 3.01. The van der Waals surface area contributed by atoms with Crippen molar-refractivity contribution in [2.75, 3.05) is 0 Å². The van der Waals surface area contributed by atoms with Gasteiger partial charge < -0.3 is 2.85 Å². The van der Waals surface area contributed by atoms with Crippen LogP contribution in [-0.2, 0) is 0 Å². The van der Waals surface area contributed by atoms with Gasteiger partial charge in [-0.15, -0.1) is 0 Å². The molecule has 0 aliphatic rings. The Bertz CT molecular complexity index is 212. The summed E-state index contributed by atoms with van der Waals surface area (Å²) in [6, 6.07) is 10.2. The molecule has 0 saturated carbocycles. The van der Waals surface area contributed by atoms with Crippen LogP contribution in [0, 0.1) is 0 Å². The van der Waals surface area contributed by atoms with Crippen molar-refractivity contribution in [3.63, 3.8) is 0 Å².